The molecule has 1 aromatic rings. The summed E-state index contributed by atoms with van der Waals surface area (Å²) in [5, 5.41) is 7.91. The first-order chi connectivity index (χ1) is 19.2. The summed E-state index contributed by atoms with van der Waals surface area (Å²) in [6.07, 6.45) is 1.59. The zero-order valence-electron chi connectivity index (χ0n) is 24.8. The minimum Gasteiger partial charge on any atom is -0.459 e. The number of carbonyl (C=O) groups excluding carboxylic acids is 4. The summed E-state index contributed by atoms with van der Waals surface area (Å²) in [4.78, 5) is 53.9. The molecule has 1 aromatic carbocycles. The molecule has 0 fully saturated rings. The molecule has 41 heavy (non-hydrogen) atoms. The number of ether oxygens (including phenoxy) is 2. The van der Waals surface area contributed by atoms with Crippen LogP contribution in [0.1, 0.15) is 70.9 Å². The average molecular weight is 578 g/mol. The van der Waals surface area contributed by atoms with Gasteiger partial charge in [-0.3, -0.25) is 14.6 Å². The van der Waals surface area contributed by atoms with Gasteiger partial charge in [0.1, 0.15) is 24.3 Å². The summed E-state index contributed by atoms with van der Waals surface area (Å²) in [5.74, 6) is -1.71. The molecule has 0 aliphatic rings. The number of nitrogens with two attached hydrogens (primary N) is 3. The second-order valence-corrected chi connectivity index (χ2v) is 10.9. The van der Waals surface area contributed by atoms with Gasteiger partial charge in [-0.15, -0.1) is 0 Å². The molecule has 0 spiro atoms. The van der Waals surface area contributed by atoms with Gasteiger partial charge in [0.25, 0.3) is 0 Å². The lowest BCUT2D eigenvalue weighted by Crippen LogP contribution is -2.53. The molecule has 0 aliphatic carbocycles. The van der Waals surface area contributed by atoms with Gasteiger partial charge in [-0.05, 0) is 72.3 Å². The Morgan fingerprint density at radius 1 is 0.951 bits per heavy atom. The number of hydrogen-bond acceptors (Lipinski definition) is 8. The number of guanidine groups is 1. The van der Waals surface area contributed by atoms with Crippen LogP contribution in [0.25, 0.3) is 0 Å². The molecule has 0 bridgehead atoms. The third-order valence-corrected chi connectivity index (χ3v) is 5.75. The lowest BCUT2D eigenvalue weighted by Gasteiger charge is -2.22. The SMILES string of the molecule is Cc1ccc(COC(=O)[C@H](CCCCNC(=O)OC(C)(C)C)NC(=O)[C@H](C)NC(=O)[C@@H](N)CCCN=C(N)N)cc1. The normalized spacial score (nSPS) is 13.2. The summed E-state index contributed by atoms with van der Waals surface area (Å²) < 4.78 is 10.7. The average Bonchev–Trinajstić information content (AvgIpc) is 2.88. The van der Waals surface area contributed by atoms with Gasteiger partial charge in [0.2, 0.25) is 11.8 Å². The van der Waals surface area contributed by atoms with Crippen LogP contribution in [0.5, 0.6) is 0 Å². The summed E-state index contributed by atoms with van der Waals surface area (Å²) in [6.45, 7) is 9.49. The van der Waals surface area contributed by atoms with E-state index in [0.29, 0.717) is 38.8 Å². The highest BCUT2D eigenvalue weighted by Gasteiger charge is 2.26. The molecule has 0 heterocycles. The predicted molar refractivity (Wildman–Crippen MR) is 156 cm³/mol. The molecule has 0 unspecified atom stereocenters. The van der Waals surface area contributed by atoms with E-state index < -0.39 is 47.6 Å². The minimum absolute atomic E-state index is 0.0421. The Kier molecular flexibility index (Phi) is 15.2. The van der Waals surface area contributed by atoms with Crippen LogP contribution in [0, 0.1) is 6.92 Å². The van der Waals surface area contributed by atoms with E-state index in [-0.39, 0.29) is 19.0 Å². The highest BCUT2D eigenvalue weighted by molar-refractivity contribution is 5.91. The maximum absolute atomic E-state index is 12.9. The molecule has 3 atom stereocenters. The Labute approximate surface area is 242 Å². The number of amides is 3. The van der Waals surface area contributed by atoms with Gasteiger partial charge >= 0.3 is 12.1 Å². The van der Waals surface area contributed by atoms with E-state index in [1.54, 1.807) is 20.8 Å². The second kappa shape index (κ2) is 17.7. The van der Waals surface area contributed by atoms with E-state index in [2.05, 4.69) is 20.9 Å². The van der Waals surface area contributed by atoms with Crippen LogP contribution in [-0.2, 0) is 30.5 Å². The molecule has 13 heteroatoms. The lowest BCUT2D eigenvalue weighted by atomic mass is 10.1. The van der Waals surface area contributed by atoms with Crippen LogP contribution in [0.3, 0.4) is 0 Å². The summed E-state index contributed by atoms with van der Waals surface area (Å²) in [6, 6.07) is 4.78. The standard InChI is InChI=1S/C28H47N7O6/c1-18-11-13-20(14-12-18)17-40-25(38)22(10-6-7-15-33-27(39)41-28(3,4)5)35-23(36)19(2)34-24(37)21(29)9-8-16-32-26(30)31/h11-14,19,21-22H,6-10,15-17,29H2,1-5H3,(H,33,39)(H,34,37)(H,35,36)(H4,30,31,32)/t19-,21-,22-/m0/s1. The van der Waals surface area contributed by atoms with Gasteiger partial charge in [-0.1, -0.05) is 29.8 Å². The molecule has 3 amide bonds. The van der Waals surface area contributed by atoms with Crippen molar-refractivity contribution in [2.45, 2.75) is 97.1 Å². The first-order valence-corrected chi connectivity index (χ1v) is 13.8. The Balaban J connectivity index is 2.69. The molecule has 0 saturated heterocycles. The maximum atomic E-state index is 12.9. The Hall–Kier alpha value is -3.87. The number of carbonyl (C=O) groups is 4. The third-order valence-electron chi connectivity index (χ3n) is 5.75. The number of esters is 1. The van der Waals surface area contributed by atoms with E-state index in [1.165, 1.54) is 6.92 Å². The van der Waals surface area contributed by atoms with E-state index in [4.69, 9.17) is 26.7 Å². The van der Waals surface area contributed by atoms with Crippen molar-refractivity contribution in [3.63, 3.8) is 0 Å². The van der Waals surface area contributed by atoms with Crippen molar-refractivity contribution in [1.29, 1.82) is 0 Å². The number of alkyl carbamates (subject to hydrolysis) is 1. The van der Waals surface area contributed by atoms with Crippen molar-refractivity contribution < 1.29 is 28.7 Å². The number of hydrogen-bond donors (Lipinski definition) is 6. The molecule has 9 N–H and O–H groups in total. The fourth-order valence-corrected chi connectivity index (χ4v) is 3.50. The number of nitrogens with one attached hydrogen (secondary N) is 3. The smallest absolute Gasteiger partial charge is 0.407 e. The van der Waals surface area contributed by atoms with Crippen LogP contribution < -0.4 is 33.2 Å². The van der Waals surface area contributed by atoms with Gasteiger partial charge in [0, 0.05) is 13.1 Å². The van der Waals surface area contributed by atoms with Gasteiger partial charge in [-0.2, -0.15) is 0 Å². The van der Waals surface area contributed by atoms with Gasteiger partial charge in [0.05, 0.1) is 6.04 Å². The third kappa shape index (κ3) is 16.1. The molecule has 0 aromatic heterocycles. The van der Waals surface area contributed by atoms with Crippen LogP contribution >= 0.6 is 0 Å². The molecular formula is C28H47N7O6. The van der Waals surface area contributed by atoms with Crippen LogP contribution in [0.15, 0.2) is 29.3 Å². The largest absolute Gasteiger partial charge is 0.459 e. The number of rotatable bonds is 16. The van der Waals surface area contributed by atoms with Gasteiger partial charge in [0.15, 0.2) is 5.96 Å². The number of aryl methyl sites for hydroxylation is 1. The summed E-state index contributed by atoms with van der Waals surface area (Å²) in [5.41, 5.74) is 17.8. The minimum atomic E-state index is -0.956. The fourth-order valence-electron chi connectivity index (χ4n) is 3.50. The van der Waals surface area contributed by atoms with Gasteiger partial charge in [-0.25, -0.2) is 9.59 Å². The lowest BCUT2D eigenvalue weighted by molar-refractivity contribution is -0.149. The molecule has 230 valence electrons. The molecule has 13 nitrogen and oxygen atoms in total. The van der Waals surface area contributed by atoms with Crippen molar-refractivity contribution >= 4 is 29.8 Å². The Morgan fingerprint density at radius 2 is 1.61 bits per heavy atom. The zero-order chi connectivity index (χ0) is 31.0. The molecular weight excluding hydrogens is 530 g/mol. The topological polar surface area (TPSA) is 213 Å². The number of benzene rings is 1. The monoisotopic (exact) mass is 577 g/mol. The second-order valence-electron chi connectivity index (χ2n) is 10.9. The van der Waals surface area contributed by atoms with Gasteiger partial charge < -0.3 is 42.6 Å². The molecule has 0 aliphatic heterocycles. The maximum Gasteiger partial charge on any atom is 0.407 e. The Bertz CT molecular complexity index is 1020. The summed E-state index contributed by atoms with van der Waals surface area (Å²) >= 11 is 0. The van der Waals surface area contributed by atoms with Crippen molar-refractivity contribution in [3.05, 3.63) is 35.4 Å². The van der Waals surface area contributed by atoms with Crippen LogP contribution in [0.2, 0.25) is 0 Å². The molecule has 1 rings (SSSR count). The number of nitrogens with zero attached hydrogens (tertiary/aromatic N) is 1. The molecule has 0 saturated carbocycles. The van der Waals surface area contributed by atoms with E-state index >= 15 is 0 Å². The van der Waals surface area contributed by atoms with E-state index in [9.17, 15) is 19.2 Å². The zero-order valence-corrected chi connectivity index (χ0v) is 24.8. The molecule has 0 radical (unpaired) electrons. The van der Waals surface area contributed by atoms with Crippen molar-refractivity contribution in [3.8, 4) is 0 Å². The fraction of sp³-hybridized carbons (Fsp3) is 0.607. The first kappa shape index (κ1) is 35.2. The highest BCUT2D eigenvalue weighted by Crippen LogP contribution is 2.10. The van der Waals surface area contributed by atoms with Crippen LogP contribution in [0.4, 0.5) is 4.79 Å². The number of aliphatic imine (C=N–C) groups is 1. The van der Waals surface area contributed by atoms with E-state index in [0.717, 1.165) is 11.1 Å². The van der Waals surface area contributed by atoms with Crippen LogP contribution in [-0.4, -0.2) is 66.7 Å². The summed E-state index contributed by atoms with van der Waals surface area (Å²) in [7, 11) is 0. The van der Waals surface area contributed by atoms with Crippen molar-refractivity contribution in [2.75, 3.05) is 13.1 Å². The highest BCUT2D eigenvalue weighted by atomic mass is 16.6. The quantitative estimate of drug-likeness (QED) is 0.0717. The Morgan fingerprint density at radius 3 is 2.22 bits per heavy atom. The van der Waals surface area contributed by atoms with Crippen molar-refractivity contribution in [1.82, 2.24) is 16.0 Å². The predicted octanol–water partition coefficient (Wildman–Crippen LogP) is 1.10. The van der Waals surface area contributed by atoms with E-state index in [1.807, 2.05) is 31.2 Å². The number of unbranched alkanes of at least 4 members (excludes halogenated alkanes) is 1. The first-order valence-electron chi connectivity index (χ1n) is 13.8. The van der Waals surface area contributed by atoms with Crippen molar-refractivity contribution in [2.24, 2.45) is 22.2 Å².